The summed E-state index contributed by atoms with van der Waals surface area (Å²) in [6, 6.07) is 14.1. The van der Waals surface area contributed by atoms with E-state index in [0.29, 0.717) is 32.6 Å². The van der Waals surface area contributed by atoms with Crippen molar-refractivity contribution in [3.63, 3.8) is 0 Å². The van der Waals surface area contributed by atoms with E-state index in [1.165, 1.54) is 19.1 Å². The first-order valence-corrected chi connectivity index (χ1v) is 11.6. The zero-order valence-electron chi connectivity index (χ0n) is 19.7. The number of nitrogens with zero attached hydrogens (tertiary/aromatic N) is 2. The highest BCUT2D eigenvalue weighted by Crippen LogP contribution is 2.33. The van der Waals surface area contributed by atoms with Crippen LogP contribution >= 0.6 is 0 Å². The Kier molecular flexibility index (Phi) is 6.86. The number of piperazine rings is 1. The third kappa shape index (κ3) is 4.75. The van der Waals surface area contributed by atoms with Gasteiger partial charge in [-0.2, -0.15) is 0 Å². The number of benzene rings is 2. The lowest BCUT2D eigenvalue weighted by atomic mass is 10.0. The van der Waals surface area contributed by atoms with E-state index in [1.54, 1.807) is 15.9 Å². The maximum absolute atomic E-state index is 13.0. The monoisotopic (exact) mass is 476 g/mol. The minimum atomic E-state index is -0.688. The smallest absolute Gasteiger partial charge is 0.257 e. The number of anilines is 3. The molecule has 3 aromatic rings. The van der Waals surface area contributed by atoms with Crippen LogP contribution in [0.1, 0.15) is 42.2 Å². The molecule has 0 aromatic heterocycles. The van der Waals surface area contributed by atoms with Gasteiger partial charge in [0, 0.05) is 33.1 Å². The molecule has 2 amide bonds. The first kappa shape index (κ1) is 24.0. The van der Waals surface area contributed by atoms with Crippen LogP contribution in [0, 0.1) is 0 Å². The molecular weight excluding hydrogens is 448 g/mol. The van der Waals surface area contributed by atoms with Crippen molar-refractivity contribution in [3.05, 3.63) is 80.1 Å². The summed E-state index contributed by atoms with van der Waals surface area (Å²) in [5.41, 5.74) is 0.107. The highest BCUT2D eigenvalue weighted by molar-refractivity contribution is 5.99. The van der Waals surface area contributed by atoms with E-state index in [-0.39, 0.29) is 46.2 Å². The van der Waals surface area contributed by atoms with E-state index in [0.717, 1.165) is 5.56 Å². The second kappa shape index (κ2) is 10.0. The van der Waals surface area contributed by atoms with Gasteiger partial charge >= 0.3 is 0 Å². The first-order valence-electron chi connectivity index (χ1n) is 11.6. The number of para-hydroxylation sites is 1. The average molecular weight is 477 g/mol. The number of hydrogen-bond donors (Lipinski definition) is 3. The molecule has 182 valence electrons. The third-order valence-electron chi connectivity index (χ3n) is 6.38. The lowest BCUT2D eigenvalue weighted by Gasteiger charge is -2.34. The van der Waals surface area contributed by atoms with Crippen molar-refractivity contribution < 1.29 is 14.7 Å². The van der Waals surface area contributed by atoms with Gasteiger partial charge in [0.2, 0.25) is 5.91 Å². The number of aromatic hydroxyl groups is 1. The zero-order chi connectivity index (χ0) is 25.1. The molecular formula is C26H28N4O5. The van der Waals surface area contributed by atoms with Crippen molar-refractivity contribution in [2.75, 3.05) is 36.8 Å². The molecule has 1 aliphatic heterocycles. The van der Waals surface area contributed by atoms with Crippen molar-refractivity contribution in [2.45, 2.75) is 26.3 Å². The maximum Gasteiger partial charge on any atom is 0.257 e. The van der Waals surface area contributed by atoms with Crippen molar-refractivity contribution in [1.29, 1.82) is 0 Å². The molecule has 0 saturated carbocycles. The number of nitrogens with one attached hydrogen (secondary N) is 2. The van der Waals surface area contributed by atoms with Crippen molar-refractivity contribution >= 4 is 28.9 Å². The largest absolute Gasteiger partial charge is 0.505 e. The molecule has 9 heteroatoms. The summed E-state index contributed by atoms with van der Waals surface area (Å²) in [7, 11) is 0. The van der Waals surface area contributed by atoms with Gasteiger partial charge in [0.25, 0.3) is 16.8 Å². The maximum atomic E-state index is 13.0. The number of phenols is 1. The Morgan fingerprint density at radius 2 is 1.54 bits per heavy atom. The minimum Gasteiger partial charge on any atom is -0.505 e. The average Bonchev–Trinajstić information content (AvgIpc) is 2.89. The lowest BCUT2D eigenvalue weighted by Crippen LogP contribution is -2.50. The van der Waals surface area contributed by atoms with Gasteiger partial charge in [0.05, 0.1) is 17.3 Å². The predicted molar refractivity (Wildman–Crippen MR) is 134 cm³/mol. The van der Waals surface area contributed by atoms with Crippen molar-refractivity contribution in [3.8, 4) is 5.75 Å². The Morgan fingerprint density at radius 3 is 2.17 bits per heavy atom. The van der Waals surface area contributed by atoms with E-state index >= 15 is 0 Å². The third-order valence-corrected chi connectivity index (χ3v) is 6.38. The van der Waals surface area contributed by atoms with Gasteiger partial charge in [0.15, 0.2) is 5.75 Å². The molecule has 1 saturated heterocycles. The molecule has 0 spiro atoms. The fourth-order valence-corrected chi connectivity index (χ4v) is 4.28. The SMILES string of the molecule is CC[C@@H](Nc1c(Nc2cccc(C(=O)N3CCN(C(C)=O)CC3)c2O)c(=O)c1=O)c1ccccc1. The van der Waals surface area contributed by atoms with Crippen LogP contribution in [0.15, 0.2) is 58.1 Å². The van der Waals surface area contributed by atoms with Crippen LogP contribution in [-0.2, 0) is 4.79 Å². The Hall–Kier alpha value is -4.14. The van der Waals surface area contributed by atoms with Gasteiger partial charge in [-0.25, -0.2) is 0 Å². The normalized spacial score (nSPS) is 14.6. The summed E-state index contributed by atoms with van der Waals surface area (Å²) in [6.07, 6.45) is 0.689. The van der Waals surface area contributed by atoms with Gasteiger partial charge in [-0.3, -0.25) is 19.2 Å². The quantitative estimate of drug-likeness (QED) is 0.354. The molecule has 9 nitrogen and oxygen atoms in total. The number of carbonyl (C=O) groups excluding carboxylic acids is 2. The highest BCUT2D eigenvalue weighted by Gasteiger charge is 2.28. The molecule has 1 fully saturated rings. The number of rotatable bonds is 7. The molecule has 1 heterocycles. The number of amides is 2. The van der Waals surface area contributed by atoms with Crippen LogP contribution in [0.4, 0.5) is 17.1 Å². The molecule has 4 rings (SSSR count). The Labute approximate surface area is 202 Å². The topological polar surface area (TPSA) is 119 Å². The Balaban J connectivity index is 1.53. The van der Waals surface area contributed by atoms with Crippen molar-refractivity contribution in [2.24, 2.45) is 0 Å². The molecule has 3 aromatic carbocycles. The fraction of sp³-hybridized carbons (Fsp3) is 0.308. The number of carbonyl (C=O) groups is 2. The van der Waals surface area contributed by atoms with Crippen molar-refractivity contribution in [1.82, 2.24) is 9.80 Å². The number of phenolic OH excluding ortho intramolecular Hbond substituents is 1. The summed E-state index contributed by atoms with van der Waals surface area (Å²) in [6.45, 7) is 5.04. The van der Waals surface area contributed by atoms with Crippen LogP contribution < -0.4 is 21.5 Å². The van der Waals surface area contributed by atoms with Gasteiger partial charge in [-0.1, -0.05) is 43.3 Å². The summed E-state index contributed by atoms with van der Waals surface area (Å²) < 4.78 is 0. The minimum absolute atomic E-state index is 0.0406. The van der Waals surface area contributed by atoms with E-state index in [2.05, 4.69) is 10.6 Å². The molecule has 3 N–H and O–H groups in total. The summed E-state index contributed by atoms with van der Waals surface area (Å²) in [5, 5.41) is 16.8. The molecule has 1 aliphatic rings. The zero-order valence-corrected chi connectivity index (χ0v) is 19.7. The molecule has 0 radical (unpaired) electrons. The van der Waals surface area contributed by atoms with Crippen LogP contribution in [0.2, 0.25) is 0 Å². The van der Waals surface area contributed by atoms with Crippen LogP contribution in [0.5, 0.6) is 5.75 Å². The molecule has 0 aliphatic carbocycles. The van der Waals surface area contributed by atoms with E-state index < -0.39 is 10.9 Å². The second-order valence-electron chi connectivity index (χ2n) is 8.55. The summed E-state index contributed by atoms with van der Waals surface area (Å²) >= 11 is 0. The molecule has 35 heavy (non-hydrogen) atoms. The fourth-order valence-electron chi connectivity index (χ4n) is 4.28. The predicted octanol–water partition coefficient (Wildman–Crippen LogP) is 2.60. The van der Waals surface area contributed by atoms with Crippen LogP contribution in [0.25, 0.3) is 0 Å². The van der Waals surface area contributed by atoms with Crippen LogP contribution in [-0.4, -0.2) is 52.9 Å². The van der Waals surface area contributed by atoms with Gasteiger partial charge in [-0.05, 0) is 24.1 Å². The second-order valence-corrected chi connectivity index (χ2v) is 8.55. The molecule has 0 bridgehead atoms. The first-order chi connectivity index (χ1) is 16.8. The van der Waals surface area contributed by atoms with Gasteiger partial charge < -0.3 is 25.5 Å². The van der Waals surface area contributed by atoms with E-state index in [1.807, 2.05) is 37.3 Å². The summed E-state index contributed by atoms with van der Waals surface area (Å²) in [4.78, 5) is 52.5. The molecule has 1 atom stereocenters. The Bertz CT molecular complexity index is 1310. The standard InChI is InChI=1S/C26H28N4O5/c1-3-19(17-8-5-4-6-9-17)27-21-22(25(34)24(21)33)28-20-11-7-10-18(23(20)32)26(35)30-14-12-29(13-15-30)16(2)31/h4-11,19,27-28,32H,3,12-15H2,1-2H3/t19-/m1/s1. The van der Waals surface area contributed by atoms with E-state index in [4.69, 9.17) is 0 Å². The van der Waals surface area contributed by atoms with Gasteiger partial charge in [0.1, 0.15) is 11.4 Å². The van der Waals surface area contributed by atoms with Crippen LogP contribution in [0.3, 0.4) is 0 Å². The lowest BCUT2D eigenvalue weighted by molar-refractivity contribution is -0.130. The summed E-state index contributed by atoms with van der Waals surface area (Å²) in [5.74, 6) is -0.713. The van der Waals surface area contributed by atoms with E-state index in [9.17, 15) is 24.3 Å². The van der Waals surface area contributed by atoms with Gasteiger partial charge in [-0.15, -0.1) is 0 Å². The highest BCUT2D eigenvalue weighted by atomic mass is 16.3. The molecule has 0 unspecified atom stereocenters. The number of hydrogen-bond acceptors (Lipinski definition) is 7. The Morgan fingerprint density at radius 1 is 0.914 bits per heavy atom.